The molecule has 4 aromatic rings. The molecule has 3 aromatic heterocycles. The summed E-state index contributed by atoms with van der Waals surface area (Å²) in [7, 11) is 0. The van der Waals surface area contributed by atoms with Crippen LogP contribution in [0.2, 0.25) is 5.02 Å². The molecule has 0 radical (unpaired) electrons. The van der Waals surface area contributed by atoms with Gasteiger partial charge in [0.2, 0.25) is 10.8 Å². The van der Waals surface area contributed by atoms with Gasteiger partial charge >= 0.3 is 0 Å². The average Bonchev–Trinajstić information content (AvgIpc) is 3.29. The summed E-state index contributed by atoms with van der Waals surface area (Å²) in [5, 5.41) is 21.9. The molecule has 134 valence electrons. The summed E-state index contributed by atoms with van der Waals surface area (Å²) in [6.07, 6.45) is 0.937. The number of hydrogen-bond donors (Lipinski definition) is 1. The Bertz CT molecular complexity index is 1020. The highest BCUT2D eigenvalue weighted by atomic mass is 35.5. The van der Waals surface area contributed by atoms with Gasteiger partial charge in [0.15, 0.2) is 5.01 Å². The third kappa shape index (κ3) is 3.56. The lowest BCUT2D eigenvalue weighted by Gasteiger charge is -2.02. The first-order valence-electron chi connectivity index (χ1n) is 8.22. The van der Waals surface area contributed by atoms with Crippen molar-refractivity contribution in [1.29, 1.82) is 0 Å². The van der Waals surface area contributed by atoms with Crippen LogP contribution in [0.15, 0.2) is 30.3 Å². The van der Waals surface area contributed by atoms with Gasteiger partial charge in [-0.05, 0) is 42.7 Å². The molecule has 1 aromatic carbocycles. The maximum atomic E-state index is 5.88. The minimum Gasteiger partial charge on any atom is -0.486 e. The van der Waals surface area contributed by atoms with E-state index in [0.29, 0.717) is 28.3 Å². The summed E-state index contributed by atoms with van der Waals surface area (Å²) >= 11 is 7.32. The third-order valence-corrected chi connectivity index (χ3v) is 4.82. The molecule has 1 N–H and O–H groups in total. The van der Waals surface area contributed by atoms with Crippen molar-refractivity contribution in [3.63, 3.8) is 0 Å². The number of nitrogens with one attached hydrogen (secondary N) is 1. The van der Waals surface area contributed by atoms with Gasteiger partial charge in [-0.25, -0.2) is 0 Å². The minimum absolute atomic E-state index is 0.355. The lowest BCUT2D eigenvalue weighted by atomic mass is 10.1. The number of nitrogens with zero attached hydrogens (tertiary/aromatic N) is 5. The molecule has 0 spiro atoms. The van der Waals surface area contributed by atoms with E-state index in [0.717, 1.165) is 28.6 Å². The van der Waals surface area contributed by atoms with Gasteiger partial charge in [-0.15, -0.1) is 10.2 Å². The predicted molar refractivity (Wildman–Crippen MR) is 101 cm³/mol. The Morgan fingerprint density at radius 1 is 1.23 bits per heavy atom. The Morgan fingerprint density at radius 2 is 2.04 bits per heavy atom. The highest BCUT2D eigenvalue weighted by Crippen LogP contribution is 2.23. The molecule has 9 heteroatoms. The molecule has 26 heavy (non-hydrogen) atoms. The number of aromatic amines is 1. The third-order valence-electron chi connectivity index (χ3n) is 3.70. The van der Waals surface area contributed by atoms with Gasteiger partial charge in [-0.1, -0.05) is 36.8 Å². The average molecular weight is 389 g/mol. The zero-order valence-electron chi connectivity index (χ0n) is 14.3. The second-order valence-electron chi connectivity index (χ2n) is 6.33. The molecular weight excluding hydrogens is 372 g/mol. The topological polar surface area (TPSA) is 81.0 Å². The van der Waals surface area contributed by atoms with E-state index in [-0.39, 0.29) is 0 Å². The molecule has 7 nitrogen and oxygen atoms in total. The molecule has 0 aliphatic heterocycles. The molecule has 0 atom stereocenters. The summed E-state index contributed by atoms with van der Waals surface area (Å²) in [5.74, 6) is 1.92. The molecule has 4 rings (SSSR count). The van der Waals surface area contributed by atoms with E-state index in [4.69, 9.17) is 16.3 Å². The van der Waals surface area contributed by atoms with Crippen molar-refractivity contribution in [2.75, 3.05) is 0 Å². The summed E-state index contributed by atoms with van der Waals surface area (Å²) in [5.41, 5.74) is 1.82. The molecule has 0 saturated heterocycles. The second kappa shape index (κ2) is 7.05. The van der Waals surface area contributed by atoms with Crippen LogP contribution in [0.5, 0.6) is 5.75 Å². The molecule has 3 heterocycles. The second-order valence-corrected chi connectivity index (χ2v) is 7.81. The maximum absolute atomic E-state index is 5.88. The largest absolute Gasteiger partial charge is 0.486 e. The standard InChI is InChI=1S/C17H17ClN6OS/c1-10(2)7-12-8-14(20-19-12)16-21-22-17-24(16)23-15(26-17)9-25-13-5-3-11(18)4-6-13/h3-6,8,10H,7,9H2,1-2H3,(H,19,20). The molecular formula is C17H17ClN6OS. The van der Waals surface area contributed by atoms with Crippen molar-refractivity contribution in [3.05, 3.63) is 46.1 Å². The van der Waals surface area contributed by atoms with Crippen molar-refractivity contribution in [1.82, 2.24) is 30.0 Å². The van der Waals surface area contributed by atoms with Gasteiger partial charge in [0.25, 0.3) is 0 Å². The summed E-state index contributed by atoms with van der Waals surface area (Å²) in [4.78, 5) is 0.711. The molecule has 0 unspecified atom stereocenters. The van der Waals surface area contributed by atoms with E-state index in [1.54, 1.807) is 16.6 Å². The van der Waals surface area contributed by atoms with E-state index >= 15 is 0 Å². The van der Waals surface area contributed by atoms with Gasteiger partial charge in [0.1, 0.15) is 18.1 Å². The van der Waals surface area contributed by atoms with E-state index in [2.05, 4.69) is 39.3 Å². The smallest absolute Gasteiger partial charge is 0.235 e. The molecule has 0 aliphatic carbocycles. The molecule has 0 aliphatic rings. The van der Waals surface area contributed by atoms with Crippen LogP contribution in [-0.2, 0) is 13.0 Å². The number of fused-ring (bicyclic) bond motifs is 1. The van der Waals surface area contributed by atoms with Crippen LogP contribution in [0.3, 0.4) is 0 Å². The zero-order valence-corrected chi connectivity index (χ0v) is 15.9. The number of ether oxygens (including phenoxy) is 1. The van der Waals surface area contributed by atoms with Crippen molar-refractivity contribution in [2.45, 2.75) is 26.9 Å². The Morgan fingerprint density at radius 3 is 2.81 bits per heavy atom. The fourth-order valence-electron chi connectivity index (χ4n) is 2.57. The first-order valence-corrected chi connectivity index (χ1v) is 9.42. The van der Waals surface area contributed by atoms with Crippen LogP contribution in [0, 0.1) is 5.92 Å². The number of aromatic nitrogens is 6. The lowest BCUT2D eigenvalue weighted by molar-refractivity contribution is 0.304. The highest BCUT2D eigenvalue weighted by Gasteiger charge is 2.16. The predicted octanol–water partition coefficient (Wildman–Crippen LogP) is 4.01. The number of halogens is 1. The fourth-order valence-corrected chi connectivity index (χ4v) is 3.44. The van der Waals surface area contributed by atoms with Crippen LogP contribution in [0.25, 0.3) is 16.5 Å². The Hall–Kier alpha value is -2.45. The van der Waals surface area contributed by atoms with Crippen molar-refractivity contribution in [2.24, 2.45) is 5.92 Å². The Labute approximate surface area is 159 Å². The number of hydrogen-bond acceptors (Lipinski definition) is 6. The zero-order chi connectivity index (χ0) is 18.1. The van der Waals surface area contributed by atoms with Crippen molar-refractivity contribution >= 4 is 27.9 Å². The summed E-state index contributed by atoms with van der Waals surface area (Å²) in [6, 6.07) is 9.24. The molecule has 0 bridgehead atoms. The number of benzene rings is 1. The summed E-state index contributed by atoms with van der Waals surface area (Å²) in [6.45, 7) is 4.70. The number of rotatable bonds is 6. The van der Waals surface area contributed by atoms with Gasteiger partial charge in [0.05, 0.1) is 0 Å². The van der Waals surface area contributed by atoms with Crippen LogP contribution in [-0.4, -0.2) is 30.0 Å². The maximum Gasteiger partial charge on any atom is 0.235 e. The van der Waals surface area contributed by atoms with Gasteiger partial charge in [-0.3, -0.25) is 5.10 Å². The monoisotopic (exact) mass is 388 g/mol. The Balaban J connectivity index is 1.53. The SMILES string of the molecule is CC(C)Cc1cc(-c2nnc3sc(COc4ccc(Cl)cc4)nn23)n[nH]1. The van der Waals surface area contributed by atoms with Gasteiger partial charge in [-0.2, -0.15) is 14.7 Å². The molecule has 0 amide bonds. The van der Waals surface area contributed by atoms with Crippen molar-refractivity contribution < 1.29 is 4.74 Å². The van der Waals surface area contributed by atoms with Crippen LogP contribution in [0.1, 0.15) is 24.5 Å². The normalized spacial score (nSPS) is 11.5. The first kappa shape index (κ1) is 17.0. The van der Waals surface area contributed by atoms with Crippen molar-refractivity contribution in [3.8, 4) is 17.3 Å². The first-order chi connectivity index (χ1) is 12.6. The van der Waals surface area contributed by atoms with Gasteiger partial charge < -0.3 is 4.74 Å². The number of H-pyrrole nitrogens is 1. The quantitative estimate of drug-likeness (QED) is 0.539. The van der Waals surface area contributed by atoms with E-state index in [1.165, 1.54) is 11.3 Å². The lowest BCUT2D eigenvalue weighted by Crippen LogP contribution is -1.97. The van der Waals surface area contributed by atoms with Crippen LogP contribution >= 0.6 is 22.9 Å². The fraction of sp³-hybridized carbons (Fsp3) is 0.294. The van der Waals surface area contributed by atoms with Crippen LogP contribution in [0.4, 0.5) is 0 Å². The molecule has 0 saturated carbocycles. The van der Waals surface area contributed by atoms with E-state index < -0.39 is 0 Å². The van der Waals surface area contributed by atoms with Gasteiger partial charge in [0, 0.05) is 10.7 Å². The van der Waals surface area contributed by atoms with Crippen LogP contribution < -0.4 is 4.74 Å². The highest BCUT2D eigenvalue weighted by molar-refractivity contribution is 7.16. The Kier molecular flexibility index (Phi) is 4.60. The van der Waals surface area contributed by atoms with E-state index in [1.807, 2.05) is 18.2 Å². The minimum atomic E-state index is 0.355. The van der Waals surface area contributed by atoms with E-state index in [9.17, 15) is 0 Å². The summed E-state index contributed by atoms with van der Waals surface area (Å²) < 4.78 is 7.45. The molecule has 0 fully saturated rings.